The number of piperazine rings is 1. The number of furan rings is 1. The van der Waals surface area contributed by atoms with Crippen LogP contribution in [-0.4, -0.2) is 80.1 Å². The van der Waals surface area contributed by atoms with Crippen LogP contribution < -0.4 is 0 Å². The zero-order valence-corrected chi connectivity index (χ0v) is 13.8. The maximum Gasteiger partial charge on any atom is 0.236 e. The van der Waals surface area contributed by atoms with Gasteiger partial charge in [-0.05, 0) is 19.1 Å². The molecule has 1 aromatic rings. The summed E-state index contributed by atoms with van der Waals surface area (Å²) >= 11 is 0. The lowest BCUT2D eigenvalue weighted by Gasteiger charge is -2.39. The van der Waals surface area contributed by atoms with Gasteiger partial charge in [-0.1, -0.05) is 0 Å². The summed E-state index contributed by atoms with van der Waals surface area (Å²) in [5, 5.41) is 0. The fourth-order valence-corrected chi connectivity index (χ4v) is 2.79. The second-order valence-corrected chi connectivity index (χ2v) is 5.94. The number of rotatable bonds is 7. The molecule has 6 heteroatoms. The molecule has 124 valence electrons. The second-order valence-electron chi connectivity index (χ2n) is 5.94. The summed E-state index contributed by atoms with van der Waals surface area (Å²) in [7, 11) is 3.55. The van der Waals surface area contributed by atoms with Crippen molar-refractivity contribution < 1.29 is 13.9 Å². The van der Waals surface area contributed by atoms with Gasteiger partial charge in [0.1, 0.15) is 5.76 Å². The van der Waals surface area contributed by atoms with Crippen molar-refractivity contribution in [1.29, 1.82) is 0 Å². The number of carbonyl (C=O) groups is 1. The van der Waals surface area contributed by atoms with Crippen LogP contribution in [0.4, 0.5) is 0 Å². The van der Waals surface area contributed by atoms with E-state index in [2.05, 4.69) is 16.7 Å². The predicted octanol–water partition coefficient (Wildman–Crippen LogP) is 0.891. The molecule has 6 nitrogen and oxygen atoms in total. The van der Waals surface area contributed by atoms with E-state index in [-0.39, 0.29) is 5.91 Å². The van der Waals surface area contributed by atoms with Gasteiger partial charge in [-0.2, -0.15) is 0 Å². The first-order valence-corrected chi connectivity index (χ1v) is 7.82. The highest BCUT2D eigenvalue weighted by atomic mass is 16.5. The van der Waals surface area contributed by atoms with Crippen molar-refractivity contribution in [2.24, 2.45) is 0 Å². The predicted molar refractivity (Wildman–Crippen MR) is 84.5 cm³/mol. The Morgan fingerprint density at radius 1 is 1.50 bits per heavy atom. The molecule has 0 N–H and O–H groups in total. The lowest BCUT2D eigenvalue weighted by Crippen LogP contribution is -2.54. The first kappa shape index (κ1) is 17.0. The molecule has 1 amide bonds. The molecule has 0 bridgehead atoms. The van der Waals surface area contributed by atoms with E-state index >= 15 is 0 Å². The molecule has 0 aliphatic carbocycles. The van der Waals surface area contributed by atoms with E-state index in [9.17, 15) is 4.79 Å². The number of carbonyl (C=O) groups excluding carboxylic acids is 1. The van der Waals surface area contributed by atoms with Crippen molar-refractivity contribution in [2.75, 3.05) is 53.5 Å². The van der Waals surface area contributed by atoms with Gasteiger partial charge in [0.15, 0.2) is 0 Å². The number of likely N-dealkylation sites (N-methyl/N-ethyl adjacent to an activating group) is 1. The molecule has 1 fully saturated rings. The van der Waals surface area contributed by atoms with Crippen molar-refractivity contribution in [3.05, 3.63) is 24.2 Å². The van der Waals surface area contributed by atoms with Crippen LogP contribution in [-0.2, 0) is 16.1 Å². The number of amides is 1. The first-order valence-electron chi connectivity index (χ1n) is 7.82. The van der Waals surface area contributed by atoms with Crippen LogP contribution in [0.1, 0.15) is 12.7 Å². The van der Waals surface area contributed by atoms with Gasteiger partial charge < -0.3 is 14.1 Å². The molecule has 0 spiro atoms. The molecule has 1 aliphatic heterocycles. The molecule has 1 aliphatic rings. The molecule has 0 unspecified atom stereocenters. The topological polar surface area (TPSA) is 49.2 Å². The maximum absolute atomic E-state index is 12.3. The number of nitrogens with zero attached hydrogens (tertiary/aromatic N) is 3. The highest BCUT2D eigenvalue weighted by molar-refractivity contribution is 5.77. The minimum absolute atomic E-state index is 0.133. The number of methoxy groups -OCH3 is 1. The smallest absolute Gasteiger partial charge is 0.236 e. The lowest BCUT2D eigenvalue weighted by atomic mass is 10.2. The summed E-state index contributed by atoms with van der Waals surface area (Å²) in [5.74, 6) is 0.947. The number of hydrogen-bond donors (Lipinski definition) is 0. The van der Waals surface area contributed by atoms with E-state index in [0.29, 0.717) is 19.1 Å². The number of hydrogen-bond acceptors (Lipinski definition) is 5. The van der Waals surface area contributed by atoms with E-state index in [1.165, 1.54) is 0 Å². The Morgan fingerprint density at radius 3 is 2.95 bits per heavy atom. The maximum atomic E-state index is 12.3. The third-order valence-electron chi connectivity index (χ3n) is 4.19. The van der Waals surface area contributed by atoms with Crippen LogP contribution in [0.5, 0.6) is 0 Å². The van der Waals surface area contributed by atoms with Crippen LogP contribution in [0.2, 0.25) is 0 Å². The average Bonchev–Trinajstić information content (AvgIpc) is 2.99. The Kier molecular flexibility index (Phi) is 6.42. The van der Waals surface area contributed by atoms with E-state index in [1.807, 2.05) is 19.2 Å². The SMILES string of the molecule is COCCN1CCN(CC(=O)N(C)Cc2ccco2)C[C@H]1C. The Bertz CT molecular complexity index is 449. The quantitative estimate of drug-likeness (QED) is 0.749. The third kappa shape index (κ3) is 4.83. The van der Waals surface area contributed by atoms with Crippen LogP contribution >= 0.6 is 0 Å². The Balaban J connectivity index is 1.75. The van der Waals surface area contributed by atoms with E-state index in [4.69, 9.17) is 9.15 Å². The highest BCUT2D eigenvalue weighted by Gasteiger charge is 2.25. The zero-order valence-electron chi connectivity index (χ0n) is 13.8. The van der Waals surface area contributed by atoms with Crippen molar-refractivity contribution >= 4 is 5.91 Å². The molecule has 2 heterocycles. The lowest BCUT2D eigenvalue weighted by molar-refractivity contribution is -0.132. The highest BCUT2D eigenvalue weighted by Crippen LogP contribution is 2.10. The summed E-state index contributed by atoms with van der Waals surface area (Å²) in [4.78, 5) is 18.7. The van der Waals surface area contributed by atoms with Gasteiger partial charge in [-0.25, -0.2) is 0 Å². The van der Waals surface area contributed by atoms with Crippen molar-refractivity contribution in [1.82, 2.24) is 14.7 Å². The van der Waals surface area contributed by atoms with Gasteiger partial charge in [-0.3, -0.25) is 14.6 Å². The summed E-state index contributed by atoms with van der Waals surface area (Å²) in [6, 6.07) is 4.18. The van der Waals surface area contributed by atoms with Crippen LogP contribution in [0.25, 0.3) is 0 Å². The minimum atomic E-state index is 0.133. The molecule has 0 aromatic carbocycles. The molecule has 0 saturated carbocycles. The standard InChI is InChI=1S/C16H27N3O3/c1-14-11-18(6-7-19(14)8-10-21-3)13-16(20)17(2)12-15-5-4-9-22-15/h4-5,9,14H,6-8,10-13H2,1-3H3/t14-/m1/s1. The minimum Gasteiger partial charge on any atom is -0.467 e. The van der Waals surface area contributed by atoms with Crippen molar-refractivity contribution in [3.63, 3.8) is 0 Å². The largest absolute Gasteiger partial charge is 0.467 e. The molecule has 2 rings (SSSR count). The Morgan fingerprint density at radius 2 is 2.32 bits per heavy atom. The van der Waals surface area contributed by atoms with E-state index < -0.39 is 0 Å². The van der Waals surface area contributed by atoms with Gasteiger partial charge in [0.25, 0.3) is 0 Å². The fourth-order valence-electron chi connectivity index (χ4n) is 2.79. The monoisotopic (exact) mass is 309 g/mol. The molecule has 0 radical (unpaired) electrons. The summed E-state index contributed by atoms with van der Waals surface area (Å²) in [6.45, 7) is 7.75. The Hall–Kier alpha value is -1.37. The molecule has 1 saturated heterocycles. The van der Waals surface area contributed by atoms with Crippen LogP contribution in [0, 0.1) is 0 Å². The molecule has 22 heavy (non-hydrogen) atoms. The molecular weight excluding hydrogens is 282 g/mol. The van der Waals surface area contributed by atoms with Gasteiger partial charge in [0.05, 0.1) is 26.0 Å². The van der Waals surface area contributed by atoms with Crippen molar-refractivity contribution in [3.8, 4) is 0 Å². The molecular formula is C16H27N3O3. The molecule has 1 aromatic heterocycles. The fraction of sp³-hybridized carbons (Fsp3) is 0.688. The van der Waals surface area contributed by atoms with Gasteiger partial charge in [0.2, 0.25) is 5.91 Å². The number of ether oxygens (including phenoxy) is 1. The average molecular weight is 309 g/mol. The Labute approximate surface area is 132 Å². The molecule has 1 atom stereocenters. The van der Waals surface area contributed by atoms with E-state index in [1.54, 1.807) is 18.3 Å². The van der Waals surface area contributed by atoms with Gasteiger partial charge >= 0.3 is 0 Å². The summed E-state index contributed by atoms with van der Waals surface area (Å²) in [5.41, 5.74) is 0. The summed E-state index contributed by atoms with van der Waals surface area (Å²) < 4.78 is 10.4. The van der Waals surface area contributed by atoms with Crippen LogP contribution in [0.15, 0.2) is 22.8 Å². The first-order chi connectivity index (χ1) is 10.6. The second kappa shape index (κ2) is 8.31. The third-order valence-corrected chi connectivity index (χ3v) is 4.19. The summed E-state index contributed by atoms with van der Waals surface area (Å²) in [6.07, 6.45) is 1.63. The normalized spacial score (nSPS) is 20.2. The van der Waals surface area contributed by atoms with Gasteiger partial charge in [-0.15, -0.1) is 0 Å². The van der Waals surface area contributed by atoms with Gasteiger partial charge in [0, 0.05) is 46.4 Å². The van der Waals surface area contributed by atoms with Crippen molar-refractivity contribution in [2.45, 2.75) is 19.5 Å². The zero-order chi connectivity index (χ0) is 15.9. The van der Waals surface area contributed by atoms with Crippen LogP contribution in [0.3, 0.4) is 0 Å². The van der Waals surface area contributed by atoms with E-state index in [0.717, 1.165) is 38.5 Å².